The number of nitro benzene ring substituents is 1. The van der Waals surface area contributed by atoms with Crippen LogP contribution in [0.4, 0.5) is 5.69 Å². The molecular weight excluding hydrogens is 436 g/mol. The molecule has 9 heteroatoms. The summed E-state index contributed by atoms with van der Waals surface area (Å²) < 4.78 is 11.7. The summed E-state index contributed by atoms with van der Waals surface area (Å²) in [6.45, 7) is 0.523. The van der Waals surface area contributed by atoms with Gasteiger partial charge in [0, 0.05) is 17.7 Å². The van der Waals surface area contributed by atoms with E-state index in [1.165, 1.54) is 28.8 Å². The fourth-order valence-corrected chi connectivity index (χ4v) is 4.19. The van der Waals surface area contributed by atoms with E-state index in [1.807, 2.05) is 18.2 Å². The number of furan rings is 1. The summed E-state index contributed by atoms with van der Waals surface area (Å²) >= 11 is 6.60. The van der Waals surface area contributed by atoms with Crippen molar-refractivity contribution in [2.75, 3.05) is 0 Å². The van der Waals surface area contributed by atoms with Gasteiger partial charge in [0.2, 0.25) is 0 Å². The van der Waals surface area contributed by atoms with Crippen LogP contribution in [0.3, 0.4) is 0 Å². The van der Waals surface area contributed by atoms with Crippen LogP contribution in [0.2, 0.25) is 0 Å². The Morgan fingerprint density at radius 3 is 2.61 bits per heavy atom. The molecule has 0 atom stereocenters. The van der Waals surface area contributed by atoms with Crippen molar-refractivity contribution in [2.24, 2.45) is 0 Å². The minimum atomic E-state index is -0.442. The highest BCUT2D eigenvalue weighted by molar-refractivity contribution is 8.26. The zero-order valence-electron chi connectivity index (χ0n) is 16.1. The number of ether oxygens (including phenoxy) is 1. The fraction of sp³-hybridized carbons (Fsp3) is 0.0909. The molecule has 0 radical (unpaired) electrons. The highest BCUT2D eigenvalue weighted by Crippen LogP contribution is 2.35. The van der Waals surface area contributed by atoms with Crippen molar-refractivity contribution in [2.45, 2.75) is 13.2 Å². The van der Waals surface area contributed by atoms with Crippen molar-refractivity contribution in [3.63, 3.8) is 0 Å². The number of carbonyl (C=O) groups excluding carboxylic acids is 1. The third-order valence-electron chi connectivity index (χ3n) is 4.51. The molecule has 7 nitrogen and oxygen atoms in total. The monoisotopic (exact) mass is 452 g/mol. The molecule has 1 aliphatic heterocycles. The summed E-state index contributed by atoms with van der Waals surface area (Å²) in [4.78, 5) is 25.2. The van der Waals surface area contributed by atoms with Crippen molar-refractivity contribution in [1.82, 2.24) is 4.90 Å². The Kier molecular flexibility index (Phi) is 6.15. The molecular formula is C22H16N2O5S2. The van der Waals surface area contributed by atoms with Crippen LogP contribution >= 0.6 is 24.0 Å². The summed E-state index contributed by atoms with van der Waals surface area (Å²) in [5.41, 5.74) is 1.56. The molecule has 1 saturated heterocycles. The number of rotatable bonds is 7. The lowest BCUT2D eigenvalue weighted by molar-refractivity contribution is -0.384. The van der Waals surface area contributed by atoms with Gasteiger partial charge in [-0.2, -0.15) is 0 Å². The Labute approximate surface area is 187 Å². The van der Waals surface area contributed by atoms with E-state index >= 15 is 0 Å². The first kappa shape index (κ1) is 20.8. The SMILES string of the molecule is O=C1C(=Cc2ccccc2OCc2ccc([N+](=O)[O-])cc2)SC(=S)N1Cc1ccco1. The van der Waals surface area contributed by atoms with E-state index in [9.17, 15) is 14.9 Å². The number of hydrogen-bond donors (Lipinski definition) is 0. The minimum absolute atomic E-state index is 0.0284. The molecule has 1 fully saturated rings. The molecule has 1 amide bonds. The Balaban J connectivity index is 1.49. The minimum Gasteiger partial charge on any atom is -0.488 e. The van der Waals surface area contributed by atoms with Gasteiger partial charge in [-0.3, -0.25) is 19.8 Å². The van der Waals surface area contributed by atoms with E-state index in [0.29, 0.717) is 20.7 Å². The molecule has 0 aliphatic carbocycles. The first-order valence-corrected chi connectivity index (χ1v) is 10.5. The number of carbonyl (C=O) groups is 1. The quantitative estimate of drug-likeness (QED) is 0.212. The standard InChI is InChI=1S/C22H16N2O5S2/c25-21-20(31-22(30)23(21)13-18-5-3-11-28-18)12-16-4-1-2-6-19(16)29-14-15-7-9-17(10-8-15)24(26)27/h1-12H,13-14H2. The van der Waals surface area contributed by atoms with Crippen molar-refractivity contribution in [3.05, 3.63) is 98.8 Å². The van der Waals surface area contributed by atoms with E-state index in [4.69, 9.17) is 21.4 Å². The predicted octanol–water partition coefficient (Wildman–Crippen LogP) is 5.17. The van der Waals surface area contributed by atoms with Crippen LogP contribution in [0.1, 0.15) is 16.9 Å². The lowest BCUT2D eigenvalue weighted by atomic mass is 10.1. The van der Waals surface area contributed by atoms with Gasteiger partial charge in [0.15, 0.2) is 0 Å². The number of thioether (sulfide) groups is 1. The van der Waals surface area contributed by atoms with Crippen molar-refractivity contribution in [3.8, 4) is 5.75 Å². The van der Waals surface area contributed by atoms with Crippen LogP contribution in [0, 0.1) is 10.1 Å². The zero-order chi connectivity index (χ0) is 21.8. The maximum Gasteiger partial charge on any atom is 0.269 e. The Morgan fingerprint density at radius 2 is 1.90 bits per heavy atom. The van der Waals surface area contributed by atoms with Gasteiger partial charge in [0.05, 0.1) is 22.6 Å². The highest BCUT2D eigenvalue weighted by Gasteiger charge is 2.32. The lowest BCUT2D eigenvalue weighted by Crippen LogP contribution is -2.27. The number of thiocarbonyl (C=S) groups is 1. The lowest BCUT2D eigenvalue weighted by Gasteiger charge is -2.12. The molecule has 0 N–H and O–H groups in total. The number of para-hydroxylation sites is 1. The van der Waals surface area contributed by atoms with Gasteiger partial charge >= 0.3 is 0 Å². The fourth-order valence-electron chi connectivity index (χ4n) is 2.94. The molecule has 0 bridgehead atoms. The number of amides is 1. The van der Waals surface area contributed by atoms with E-state index in [1.54, 1.807) is 42.7 Å². The van der Waals surface area contributed by atoms with Crippen LogP contribution in [0.25, 0.3) is 6.08 Å². The van der Waals surface area contributed by atoms with Gasteiger partial charge in [0.1, 0.15) is 22.4 Å². The smallest absolute Gasteiger partial charge is 0.269 e. The molecule has 156 valence electrons. The second-order valence-electron chi connectivity index (χ2n) is 6.60. The normalized spacial score (nSPS) is 15.0. The largest absolute Gasteiger partial charge is 0.488 e. The van der Waals surface area contributed by atoms with Crippen LogP contribution in [0.5, 0.6) is 5.75 Å². The predicted molar refractivity (Wildman–Crippen MR) is 121 cm³/mol. The molecule has 2 heterocycles. The zero-order valence-corrected chi connectivity index (χ0v) is 17.7. The van der Waals surface area contributed by atoms with Crippen molar-refractivity contribution >= 4 is 46.0 Å². The second kappa shape index (κ2) is 9.15. The maximum atomic E-state index is 12.8. The average Bonchev–Trinajstić information content (AvgIpc) is 3.37. The highest BCUT2D eigenvalue weighted by atomic mass is 32.2. The average molecular weight is 453 g/mol. The summed E-state index contributed by atoms with van der Waals surface area (Å²) in [6, 6.07) is 17.1. The van der Waals surface area contributed by atoms with E-state index in [-0.39, 0.29) is 24.7 Å². The van der Waals surface area contributed by atoms with Gasteiger partial charge in [-0.25, -0.2) is 0 Å². The van der Waals surface area contributed by atoms with Gasteiger partial charge in [-0.05, 0) is 42.0 Å². The molecule has 1 aromatic heterocycles. The van der Waals surface area contributed by atoms with Crippen LogP contribution in [0.15, 0.2) is 76.2 Å². The molecule has 1 aliphatic rings. The van der Waals surface area contributed by atoms with Gasteiger partial charge in [-0.15, -0.1) is 0 Å². The summed E-state index contributed by atoms with van der Waals surface area (Å²) in [5.74, 6) is 1.07. The van der Waals surface area contributed by atoms with E-state index in [0.717, 1.165) is 11.1 Å². The Morgan fingerprint density at radius 1 is 1.13 bits per heavy atom. The topological polar surface area (TPSA) is 85.8 Å². The number of nitrogens with zero attached hydrogens (tertiary/aromatic N) is 2. The first-order valence-electron chi connectivity index (χ1n) is 9.24. The number of nitro groups is 1. The molecule has 0 saturated carbocycles. The van der Waals surface area contributed by atoms with E-state index < -0.39 is 4.92 Å². The third kappa shape index (κ3) is 4.84. The van der Waals surface area contributed by atoms with Crippen molar-refractivity contribution in [1.29, 1.82) is 0 Å². The van der Waals surface area contributed by atoms with Crippen molar-refractivity contribution < 1.29 is 18.9 Å². The Bertz CT molecular complexity index is 1160. The number of hydrogen-bond acceptors (Lipinski definition) is 7. The van der Waals surface area contributed by atoms with E-state index in [2.05, 4.69) is 0 Å². The van der Waals surface area contributed by atoms with Crippen LogP contribution in [-0.2, 0) is 17.9 Å². The van der Waals surface area contributed by atoms with Gasteiger partial charge in [0.25, 0.3) is 11.6 Å². The Hall–Kier alpha value is -3.43. The molecule has 2 aromatic carbocycles. The summed E-state index contributed by atoms with van der Waals surface area (Å²) in [5, 5.41) is 10.8. The maximum absolute atomic E-state index is 12.8. The van der Waals surface area contributed by atoms with Crippen LogP contribution < -0.4 is 4.74 Å². The molecule has 4 rings (SSSR count). The second-order valence-corrected chi connectivity index (χ2v) is 8.27. The summed E-state index contributed by atoms with van der Waals surface area (Å²) in [6.07, 6.45) is 3.31. The molecule has 31 heavy (non-hydrogen) atoms. The molecule has 0 spiro atoms. The molecule has 3 aromatic rings. The number of benzene rings is 2. The number of non-ortho nitro benzene ring substituents is 1. The third-order valence-corrected chi connectivity index (χ3v) is 5.89. The van der Waals surface area contributed by atoms with Gasteiger partial charge < -0.3 is 9.15 Å². The van der Waals surface area contributed by atoms with Crippen LogP contribution in [-0.4, -0.2) is 20.1 Å². The molecule has 0 unspecified atom stereocenters. The van der Waals surface area contributed by atoms with Gasteiger partial charge in [-0.1, -0.05) is 42.2 Å². The first-order chi connectivity index (χ1) is 15.0. The summed E-state index contributed by atoms with van der Waals surface area (Å²) in [7, 11) is 0.